The summed E-state index contributed by atoms with van der Waals surface area (Å²) < 4.78 is 5.88. The number of fused-ring (bicyclic) bond motifs is 1. The average Bonchev–Trinajstić information content (AvgIpc) is 2.70. The molecule has 4 rings (SSSR count). The molecule has 0 fully saturated rings. The summed E-state index contributed by atoms with van der Waals surface area (Å²) in [5.74, 6) is -0.337. The molecule has 0 radical (unpaired) electrons. The van der Waals surface area contributed by atoms with E-state index in [9.17, 15) is 9.59 Å². The van der Waals surface area contributed by atoms with Gasteiger partial charge in [-0.25, -0.2) is 0 Å². The number of halogens is 2. The van der Waals surface area contributed by atoms with E-state index in [-0.39, 0.29) is 16.9 Å². The molecule has 0 saturated heterocycles. The first-order chi connectivity index (χ1) is 13.5. The average molecular weight is 410 g/mol. The molecule has 1 amide bonds. The molecule has 138 valence electrons. The van der Waals surface area contributed by atoms with Crippen LogP contribution in [0.3, 0.4) is 0 Å². The Hall–Kier alpha value is -3.08. The molecule has 0 unspecified atom stereocenters. The molecule has 0 aliphatic carbocycles. The standard InChI is InChI=1S/C22H13Cl2NO3/c23-15-8-6-14(7-9-15)21(27)25-22-19(13-4-2-1-3-5-13)20(26)17-12-16(24)10-11-18(17)28-22/h1-12H,(H,25,27). The van der Waals surface area contributed by atoms with Gasteiger partial charge in [-0.1, -0.05) is 53.5 Å². The molecule has 4 aromatic rings. The lowest BCUT2D eigenvalue weighted by Gasteiger charge is -2.11. The van der Waals surface area contributed by atoms with Gasteiger partial charge in [0.15, 0.2) is 0 Å². The van der Waals surface area contributed by atoms with E-state index >= 15 is 0 Å². The SMILES string of the molecule is O=C(Nc1oc2ccc(Cl)cc2c(=O)c1-c1ccccc1)c1ccc(Cl)cc1. The predicted molar refractivity (Wildman–Crippen MR) is 112 cm³/mol. The van der Waals surface area contributed by atoms with Crippen molar-refractivity contribution in [2.45, 2.75) is 0 Å². The number of benzene rings is 3. The van der Waals surface area contributed by atoms with Crippen molar-refractivity contribution in [2.24, 2.45) is 0 Å². The van der Waals surface area contributed by atoms with Crippen molar-refractivity contribution in [2.75, 3.05) is 5.32 Å². The molecule has 4 nitrogen and oxygen atoms in total. The minimum Gasteiger partial charge on any atom is -0.439 e. The quantitative estimate of drug-likeness (QED) is 0.449. The lowest BCUT2D eigenvalue weighted by atomic mass is 10.0. The molecule has 0 atom stereocenters. The first-order valence-electron chi connectivity index (χ1n) is 8.41. The minimum absolute atomic E-state index is 0.0750. The monoisotopic (exact) mass is 409 g/mol. The number of nitrogens with one attached hydrogen (secondary N) is 1. The van der Waals surface area contributed by atoms with Crippen LogP contribution in [0, 0.1) is 0 Å². The van der Waals surface area contributed by atoms with Gasteiger partial charge in [0.1, 0.15) is 5.58 Å². The maximum Gasteiger partial charge on any atom is 0.257 e. The van der Waals surface area contributed by atoms with Gasteiger partial charge in [0.2, 0.25) is 11.3 Å². The van der Waals surface area contributed by atoms with Crippen molar-refractivity contribution in [3.8, 4) is 11.1 Å². The van der Waals surface area contributed by atoms with Gasteiger partial charge in [-0.3, -0.25) is 14.9 Å². The number of carbonyl (C=O) groups is 1. The van der Waals surface area contributed by atoms with Gasteiger partial charge in [0.05, 0.1) is 10.9 Å². The fourth-order valence-electron chi connectivity index (χ4n) is 2.90. The van der Waals surface area contributed by atoms with E-state index in [1.807, 2.05) is 18.2 Å². The van der Waals surface area contributed by atoms with Gasteiger partial charge < -0.3 is 4.42 Å². The highest BCUT2D eigenvalue weighted by Crippen LogP contribution is 2.30. The molecule has 6 heteroatoms. The van der Waals surface area contributed by atoms with Crippen LogP contribution in [0.15, 0.2) is 82.0 Å². The number of carbonyl (C=O) groups excluding carboxylic acids is 1. The maximum absolute atomic E-state index is 13.2. The molecule has 0 aliphatic heterocycles. The van der Waals surface area contributed by atoms with Crippen LogP contribution in [-0.4, -0.2) is 5.91 Å². The molecular formula is C22H13Cl2NO3. The van der Waals surface area contributed by atoms with Gasteiger partial charge in [-0.2, -0.15) is 0 Å². The fourth-order valence-corrected chi connectivity index (χ4v) is 3.20. The summed E-state index contributed by atoms with van der Waals surface area (Å²) in [5.41, 5.74) is 1.34. The third kappa shape index (κ3) is 3.52. The summed E-state index contributed by atoms with van der Waals surface area (Å²) in [7, 11) is 0. The summed E-state index contributed by atoms with van der Waals surface area (Å²) in [4.78, 5) is 25.9. The van der Waals surface area contributed by atoms with Crippen LogP contribution in [0.2, 0.25) is 10.0 Å². The zero-order valence-electron chi connectivity index (χ0n) is 14.4. The van der Waals surface area contributed by atoms with Crippen molar-refractivity contribution < 1.29 is 9.21 Å². The van der Waals surface area contributed by atoms with Crippen molar-refractivity contribution >= 4 is 46.0 Å². The number of rotatable bonds is 3. The molecular weight excluding hydrogens is 397 g/mol. The third-order valence-electron chi connectivity index (χ3n) is 4.25. The molecule has 1 aromatic heterocycles. The molecule has 0 spiro atoms. The van der Waals surface area contributed by atoms with Crippen LogP contribution in [-0.2, 0) is 0 Å². The van der Waals surface area contributed by atoms with Crippen molar-refractivity contribution in [1.82, 2.24) is 0 Å². The highest BCUT2D eigenvalue weighted by molar-refractivity contribution is 6.31. The van der Waals surface area contributed by atoms with E-state index in [4.69, 9.17) is 27.6 Å². The second kappa shape index (κ2) is 7.50. The van der Waals surface area contributed by atoms with E-state index in [0.29, 0.717) is 32.1 Å². The number of anilines is 1. The van der Waals surface area contributed by atoms with Crippen molar-refractivity contribution in [3.63, 3.8) is 0 Å². The summed E-state index contributed by atoms with van der Waals surface area (Å²) in [6.07, 6.45) is 0. The smallest absolute Gasteiger partial charge is 0.257 e. The highest BCUT2D eigenvalue weighted by atomic mass is 35.5. The third-order valence-corrected chi connectivity index (χ3v) is 4.74. The van der Waals surface area contributed by atoms with Gasteiger partial charge in [-0.15, -0.1) is 0 Å². The lowest BCUT2D eigenvalue weighted by molar-refractivity contribution is 0.102. The zero-order chi connectivity index (χ0) is 19.7. The molecule has 0 aliphatic rings. The molecule has 3 aromatic carbocycles. The normalized spacial score (nSPS) is 10.8. The Labute approximate surface area is 170 Å². The molecule has 1 heterocycles. The van der Waals surface area contributed by atoms with E-state index in [0.717, 1.165) is 0 Å². The van der Waals surface area contributed by atoms with E-state index in [2.05, 4.69) is 5.32 Å². The Balaban J connectivity index is 1.89. The zero-order valence-corrected chi connectivity index (χ0v) is 15.9. The van der Waals surface area contributed by atoms with Crippen molar-refractivity contribution in [1.29, 1.82) is 0 Å². The highest BCUT2D eigenvalue weighted by Gasteiger charge is 2.19. The van der Waals surface area contributed by atoms with Gasteiger partial charge in [-0.05, 0) is 48.0 Å². The fraction of sp³-hybridized carbons (Fsp3) is 0. The second-order valence-corrected chi connectivity index (χ2v) is 6.98. The van der Waals surface area contributed by atoms with Crippen molar-refractivity contribution in [3.05, 3.63) is 98.6 Å². The summed E-state index contributed by atoms with van der Waals surface area (Å²) in [6.45, 7) is 0. The van der Waals surface area contributed by atoms with Crippen LogP contribution in [0.25, 0.3) is 22.1 Å². The van der Waals surface area contributed by atoms with Crippen LogP contribution >= 0.6 is 23.2 Å². The Morgan fingerprint density at radius 1 is 0.857 bits per heavy atom. The Kier molecular flexibility index (Phi) is 4.90. The van der Waals surface area contributed by atoms with E-state index < -0.39 is 5.91 Å². The van der Waals surface area contributed by atoms with Gasteiger partial charge in [0, 0.05) is 15.6 Å². The molecule has 0 saturated carbocycles. The Bertz CT molecular complexity index is 1230. The first-order valence-corrected chi connectivity index (χ1v) is 9.17. The molecule has 28 heavy (non-hydrogen) atoms. The number of hydrogen-bond acceptors (Lipinski definition) is 3. The lowest BCUT2D eigenvalue weighted by Crippen LogP contribution is -2.16. The largest absolute Gasteiger partial charge is 0.439 e. The number of amides is 1. The topological polar surface area (TPSA) is 59.3 Å². The van der Waals surface area contributed by atoms with Crippen LogP contribution < -0.4 is 10.7 Å². The van der Waals surface area contributed by atoms with Gasteiger partial charge in [0.25, 0.3) is 5.91 Å². The van der Waals surface area contributed by atoms with Crippen LogP contribution in [0.4, 0.5) is 5.88 Å². The first kappa shape index (κ1) is 18.3. The summed E-state index contributed by atoms with van der Waals surface area (Å²) in [5, 5.41) is 4.01. The minimum atomic E-state index is -0.412. The molecule has 1 N–H and O–H groups in total. The van der Waals surface area contributed by atoms with Crippen LogP contribution in [0.5, 0.6) is 0 Å². The Morgan fingerprint density at radius 3 is 2.25 bits per heavy atom. The van der Waals surface area contributed by atoms with Crippen LogP contribution in [0.1, 0.15) is 10.4 Å². The Morgan fingerprint density at radius 2 is 1.54 bits per heavy atom. The number of hydrogen-bond donors (Lipinski definition) is 1. The maximum atomic E-state index is 13.2. The molecule has 0 bridgehead atoms. The van der Waals surface area contributed by atoms with E-state index in [1.54, 1.807) is 54.6 Å². The van der Waals surface area contributed by atoms with Gasteiger partial charge >= 0.3 is 0 Å². The summed E-state index contributed by atoms with van der Waals surface area (Å²) in [6, 6.07) is 20.2. The summed E-state index contributed by atoms with van der Waals surface area (Å²) >= 11 is 11.9. The predicted octanol–water partition coefficient (Wildman–Crippen LogP) is 6.02. The van der Waals surface area contributed by atoms with E-state index in [1.165, 1.54) is 0 Å². The second-order valence-electron chi connectivity index (χ2n) is 6.10.